The zero-order valence-electron chi connectivity index (χ0n) is 14.1. The number of hydrogen-bond acceptors (Lipinski definition) is 3. The maximum atomic E-state index is 12.8. The molecule has 1 N–H and O–H groups in total. The van der Waals surface area contributed by atoms with Gasteiger partial charge < -0.3 is 14.8 Å². The van der Waals surface area contributed by atoms with Gasteiger partial charge in [-0.05, 0) is 58.8 Å². The smallest absolute Gasteiger partial charge is 0.416 e. The van der Waals surface area contributed by atoms with E-state index in [-0.39, 0.29) is 18.0 Å². The van der Waals surface area contributed by atoms with Crippen LogP contribution in [0.1, 0.15) is 17.5 Å². The Balaban J connectivity index is 2.09. The zero-order valence-corrected chi connectivity index (χ0v) is 16.3. The molecule has 0 aliphatic heterocycles. The highest BCUT2D eigenvalue weighted by Gasteiger charge is 2.31. The van der Waals surface area contributed by atoms with Gasteiger partial charge in [-0.2, -0.15) is 13.2 Å². The molecule has 0 fully saturated rings. The van der Waals surface area contributed by atoms with Gasteiger partial charge in [0.05, 0.1) is 25.5 Å². The lowest BCUT2D eigenvalue weighted by Crippen LogP contribution is -2.15. The van der Waals surface area contributed by atoms with Gasteiger partial charge in [-0.1, -0.05) is 12.1 Å². The lowest BCUT2D eigenvalue weighted by Gasteiger charge is -2.13. The van der Waals surface area contributed by atoms with Crippen molar-refractivity contribution in [1.29, 1.82) is 0 Å². The molecule has 4 nitrogen and oxygen atoms in total. The molecule has 0 aromatic heterocycles. The van der Waals surface area contributed by atoms with Crippen LogP contribution in [-0.2, 0) is 17.4 Å². The third-order valence-corrected chi connectivity index (χ3v) is 4.61. The van der Waals surface area contributed by atoms with Gasteiger partial charge in [-0.15, -0.1) is 0 Å². The quantitative estimate of drug-likeness (QED) is 0.600. The van der Waals surface area contributed by atoms with Crippen LogP contribution in [0.25, 0.3) is 0 Å². The van der Waals surface area contributed by atoms with Gasteiger partial charge in [0.2, 0.25) is 5.91 Å². The molecular weight excluding hydrogens is 462 g/mol. The standard InChI is InChI=1S/C18H17F3INO3/c1-25-15-5-3-4-11(17(15)26-2)6-9-16(24)23-14-10-12(18(19,20)21)7-8-13(14)22/h3-5,7-8,10H,6,9H2,1-2H3,(H,23,24). The van der Waals surface area contributed by atoms with Gasteiger partial charge in [0, 0.05) is 9.99 Å². The van der Waals surface area contributed by atoms with E-state index in [1.165, 1.54) is 20.3 Å². The molecule has 2 rings (SSSR count). The van der Waals surface area contributed by atoms with E-state index in [2.05, 4.69) is 5.32 Å². The van der Waals surface area contributed by atoms with E-state index in [0.29, 0.717) is 21.5 Å². The van der Waals surface area contributed by atoms with E-state index < -0.39 is 11.7 Å². The number of rotatable bonds is 6. The molecule has 8 heteroatoms. The molecule has 0 saturated heterocycles. The third kappa shape index (κ3) is 5.03. The summed E-state index contributed by atoms with van der Waals surface area (Å²) in [5.74, 6) is 0.710. The second kappa shape index (κ2) is 8.61. The highest BCUT2D eigenvalue weighted by Crippen LogP contribution is 2.33. The summed E-state index contributed by atoms with van der Waals surface area (Å²) in [5.41, 5.74) is 0.117. The summed E-state index contributed by atoms with van der Waals surface area (Å²) in [6, 6.07) is 8.58. The minimum Gasteiger partial charge on any atom is -0.493 e. The second-order valence-electron chi connectivity index (χ2n) is 5.39. The van der Waals surface area contributed by atoms with Crippen molar-refractivity contribution in [3.8, 4) is 11.5 Å². The maximum absolute atomic E-state index is 12.8. The fraction of sp³-hybridized carbons (Fsp3) is 0.278. The van der Waals surface area contributed by atoms with Crippen molar-refractivity contribution in [2.24, 2.45) is 0 Å². The molecule has 2 aromatic carbocycles. The fourth-order valence-corrected chi connectivity index (χ4v) is 2.88. The first kappa shape index (κ1) is 20.3. The van der Waals surface area contributed by atoms with Crippen LogP contribution in [-0.4, -0.2) is 20.1 Å². The van der Waals surface area contributed by atoms with Crippen molar-refractivity contribution >= 4 is 34.2 Å². The molecule has 0 aliphatic rings. The number of aryl methyl sites for hydroxylation is 1. The summed E-state index contributed by atoms with van der Waals surface area (Å²) >= 11 is 1.88. The number of hydrogen-bond donors (Lipinski definition) is 1. The minimum absolute atomic E-state index is 0.0931. The van der Waals surface area contributed by atoms with Crippen molar-refractivity contribution in [2.45, 2.75) is 19.0 Å². The molecular formula is C18H17F3INO3. The molecule has 0 aliphatic carbocycles. The summed E-state index contributed by atoms with van der Waals surface area (Å²) in [5, 5.41) is 2.54. The van der Waals surface area contributed by atoms with Gasteiger partial charge >= 0.3 is 6.18 Å². The van der Waals surface area contributed by atoms with Crippen molar-refractivity contribution in [1.82, 2.24) is 0 Å². The summed E-state index contributed by atoms with van der Waals surface area (Å²) in [6.07, 6.45) is -4.00. The number of benzene rings is 2. The van der Waals surface area contributed by atoms with Crippen molar-refractivity contribution < 1.29 is 27.4 Å². The zero-order chi connectivity index (χ0) is 19.3. The van der Waals surface area contributed by atoms with Gasteiger partial charge in [0.25, 0.3) is 0 Å². The molecule has 140 valence electrons. The van der Waals surface area contributed by atoms with E-state index in [1.54, 1.807) is 12.1 Å². The Kier molecular flexibility index (Phi) is 6.74. The Morgan fingerprint density at radius 3 is 2.50 bits per heavy atom. The van der Waals surface area contributed by atoms with Crippen molar-refractivity contribution in [3.63, 3.8) is 0 Å². The molecule has 0 spiro atoms. The Morgan fingerprint density at radius 1 is 1.15 bits per heavy atom. The maximum Gasteiger partial charge on any atom is 0.416 e. The average molecular weight is 479 g/mol. The number of anilines is 1. The number of amides is 1. The summed E-state index contributed by atoms with van der Waals surface area (Å²) in [7, 11) is 3.02. The average Bonchev–Trinajstić information content (AvgIpc) is 2.60. The minimum atomic E-state index is -4.46. The monoisotopic (exact) mass is 479 g/mol. The molecule has 0 unspecified atom stereocenters. The molecule has 26 heavy (non-hydrogen) atoms. The topological polar surface area (TPSA) is 47.6 Å². The van der Waals surface area contributed by atoms with Crippen LogP contribution in [0.15, 0.2) is 36.4 Å². The van der Waals surface area contributed by atoms with Crippen LogP contribution in [0.4, 0.5) is 18.9 Å². The Morgan fingerprint density at radius 2 is 1.88 bits per heavy atom. The van der Waals surface area contributed by atoms with Crippen LogP contribution < -0.4 is 14.8 Å². The lowest BCUT2D eigenvalue weighted by molar-refractivity contribution is -0.137. The predicted molar refractivity (Wildman–Crippen MR) is 101 cm³/mol. The lowest BCUT2D eigenvalue weighted by atomic mass is 10.1. The van der Waals surface area contributed by atoms with Crippen LogP contribution >= 0.6 is 22.6 Å². The second-order valence-corrected chi connectivity index (χ2v) is 6.56. The molecule has 0 atom stereocenters. The molecule has 0 radical (unpaired) electrons. The molecule has 0 heterocycles. The molecule has 0 bridgehead atoms. The number of halogens is 4. The van der Waals surface area contributed by atoms with Crippen molar-refractivity contribution in [3.05, 3.63) is 51.1 Å². The number of carbonyl (C=O) groups excluding carboxylic acids is 1. The summed E-state index contributed by atoms with van der Waals surface area (Å²) in [6.45, 7) is 0. The van der Waals surface area contributed by atoms with E-state index in [0.717, 1.165) is 17.7 Å². The highest BCUT2D eigenvalue weighted by atomic mass is 127. The first-order valence-corrected chi connectivity index (χ1v) is 8.70. The van der Waals surface area contributed by atoms with Crippen LogP contribution in [0.3, 0.4) is 0 Å². The van der Waals surface area contributed by atoms with Crippen LogP contribution in [0, 0.1) is 3.57 Å². The number of nitrogens with one attached hydrogen (secondary N) is 1. The van der Waals surface area contributed by atoms with Gasteiger partial charge in [-0.25, -0.2) is 0 Å². The fourth-order valence-electron chi connectivity index (χ4n) is 2.41. The number of ether oxygens (including phenoxy) is 2. The van der Waals surface area contributed by atoms with Crippen LogP contribution in [0.5, 0.6) is 11.5 Å². The van der Waals surface area contributed by atoms with E-state index >= 15 is 0 Å². The van der Waals surface area contributed by atoms with Gasteiger partial charge in [0.15, 0.2) is 11.5 Å². The number of para-hydroxylation sites is 1. The first-order chi connectivity index (χ1) is 12.3. The Labute approximate surface area is 162 Å². The largest absolute Gasteiger partial charge is 0.493 e. The molecule has 2 aromatic rings. The van der Waals surface area contributed by atoms with Crippen LogP contribution in [0.2, 0.25) is 0 Å². The molecule has 1 amide bonds. The number of alkyl halides is 3. The molecule has 0 saturated carbocycles. The van der Waals surface area contributed by atoms with E-state index in [4.69, 9.17) is 9.47 Å². The van der Waals surface area contributed by atoms with Gasteiger partial charge in [-0.3, -0.25) is 4.79 Å². The van der Waals surface area contributed by atoms with E-state index in [1.807, 2.05) is 28.7 Å². The number of carbonyl (C=O) groups is 1. The Hall–Kier alpha value is -1.97. The Bertz CT molecular complexity index is 794. The highest BCUT2D eigenvalue weighted by molar-refractivity contribution is 14.1. The van der Waals surface area contributed by atoms with E-state index in [9.17, 15) is 18.0 Å². The van der Waals surface area contributed by atoms with Gasteiger partial charge in [0.1, 0.15) is 0 Å². The first-order valence-electron chi connectivity index (χ1n) is 7.62. The number of methoxy groups -OCH3 is 2. The van der Waals surface area contributed by atoms with Crippen molar-refractivity contribution in [2.75, 3.05) is 19.5 Å². The normalized spacial score (nSPS) is 11.2. The predicted octanol–water partition coefficient (Wildman–Crippen LogP) is 4.90. The summed E-state index contributed by atoms with van der Waals surface area (Å²) < 4.78 is 49.5. The third-order valence-electron chi connectivity index (χ3n) is 3.67. The summed E-state index contributed by atoms with van der Waals surface area (Å²) in [4.78, 5) is 12.2. The SMILES string of the molecule is COc1cccc(CCC(=O)Nc2cc(C(F)(F)F)ccc2I)c1OC.